The fraction of sp³-hybridized carbons (Fsp3) is 0.500. The van der Waals surface area contributed by atoms with Crippen LogP contribution in [0.25, 0.3) is 0 Å². The molecule has 2 nitrogen and oxygen atoms in total. The molecule has 1 unspecified atom stereocenters. The third kappa shape index (κ3) is 3.37. The van der Waals surface area contributed by atoms with Crippen molar-refractivity contribution in [2.24, 2.45) is 0 Å². The molecule has 0 amide bonds. The van der Waals surface area contributed by atoms with Crippen molar-refractivity contribution in [3.63, 3.8) is 0 Å². The average Bonchev–Trinajstić information content (AvgIpc) is 2.29. The molecule has 1 aliphatic heterocycles. The van der Waals surface area contributed by atoms with Crippen molar-refractivity contribution in [2.75, 3.05) is 6.61 Å². The van der Waals surface area contributed by atoms with Crippen LogP contribution in [0.5, 0.6) is 0 Å². The first kappa shape index (κ1) is 12.2. The monoisotopic (exact) mass is 236 g/mol. The number of benzene rings is 1. The zero-order valence-corrected chi connectivity index (χ0v) is 10.0. The van der Waals surface area contributed by atoms with Gasteiger partial charge in [-0.05, 0) is 49.9 Å². The van der Waals surface area contributed by atoms with Crippen molar-refractivity contribution in [3.05, 3.63) is 35.1 Å². The van der Waals surface area contributed by atoms with Gasteiger partial charge in [-0.15, -0.1) is 0 Å². The highest BCUT2D eigenvalue weighted by Crippen LogP contribution is 2.19. The smallest absolute Gasteiger partial charge is 0.165 e. The summed E-state index contributed by atoms with van der Waals surface area (Å²) >= 11 is 0. The summed E-state index contributed by atoms with van der Waals surface area (Å²) in [6.45, 7) is 2.52. The lowest BCUT2D eigenvalue weighted by Crippen LogP contribution is -2.22. The van der Waals surface area contributed by atoms with Gasteiger partial charge in [0.05, 0.1) is 6.10 Å². The van der Waals surface area contributed by atoms with E-state index in [1.807, 2.05) is 0 Å². The van der Waals surface area contributed by atoms with Gasteiger partial charge in [-0.25, -0.2) is 4.39 Å². The fourth-order valence-electron chi connectivity index (χ4n) is 2.19. The maximum atomic E-state index is 13.2. The molecule has 1 aromatic rings. The quantitative estimate of drug-likeness (QED) is 0.753. The van der Waals surface area contributed by atoms with E-state index in [0.717, 1.165) is 31.4 Å². The molecule has 0 N–H and O–H groups in total. The lowest BCUT2D eigenvalue weighted by atomic mass is 9.99. The number of ether oxygens (including phenoxy) is 1. The van der Waals surface area contributed by atoms with Crippen molar-refractivity contribution in [2.45, 2.75) is 38.7 Å². The van der Waals surface area contributed by atoms with Gasteiger partial charge in [0.1, 0.15) is 5.82 Å². The van der Waals surface area contributed by atoms with Crippen molar-refractivity contribution in [1.82, 2.24) is 0 Å². The Kier molecular flexibility index (Phi) is 3.89. The molecule has 0 aromatic heterocycles. The van der Waals surface area contributed by atoms with Crippen LogP contribution in [0.3, 0.4) is 0 Å². The molecule has 0 bridgehead atoms. The van der Waals surface area contributed by atoms with Crippen LogP contribution in [0.4, 0.5) is 4.39 Å². The van der Waals surface area contributed by atoms with Gasteiger partial charge >= 0.3 is 0 Å². The summed E-state index contributed by atoms with van der Waals surface area (Å²) in [5.41, 5.74) is 1.23. The van der Waals surface area contributed by atoms with Gasteiger partial charge < -0.3 is 4.74 Å². The fourth-order valence-corrected chi connectivity index (χ4v) is 2.19. The Morgan fingerprint density at radius 2 is 2.24 bits per heavy atom. The van der Waals surface area contributed by atoms with E-state index in [4.69, 9.17) is 4.74 Å². The van der Waals surface area contributed by atoms with Crippen LogP contribution in [0.15, 0.2) is 18.2 Å². The maximum Gasteiger partial charge on any atom is 0.165 e. The summed E-state index contributed by atoms with van der Waals surface area (Å²) in [6, 6.07) is 4.46. The van der Waals surface area contributed by atoms with Gasteiger partial charge in [0, 0.05) is 18.6 Å². The Bertz CT molecular complexity index is 388. The Hall–Kier alpha value is -1.22. The molecule has 0 aliphatic carbocycles. The van der Waals surface area contributed by atoms with E-state index in [0.29, 0.717) is 12.0 Å². The van der Waals surface area contributed by atoms with Crippen LogP contribution in [0.1, 0.15) is 41.6 Å². The molecule has 1 atom stereocenters. The molecule has 1 aromatic carbocycles. The molecule has 3 heteroatoms. The van der Waals surface area contributed by atoms with E-state index in [1.165, 1.54) is 12.1 Å². The van der Waals surface area contributed by atoms with Crippen molar-refractivity contribution >= 4 is 5.78 Å². The zero-order valence-electron chi connectivity index (χ0n) is 10.0. The summed E-state index contributed by atoms with van der Waals surface area (Å²) in [5, 5.41) is 0. The highest BCUT2D eigenvalue weighted by atomic mass is 19.1. The predicted molar refractivity (Wildman–Crippen MR) is 63.7 cm³/mol. The zero-order chi connectivity index (χ0) is 12.3. The molecular weight excluding hydrogens is 219 g/mol. The van der Waals surface area contributed by atoms with Crippen LogP contribution in [-0.2, 0) is 4.74 Å². The van der Waals surface area contributed by atoms with Crippen LogP contribution in [0.2, 0.25) is 0 Å². The summed E-state index contributed by atoms with van der Waals surface area (Å²) in [7, 11) is 0. The second-order valence-electron chi connectivity index (χ2n) is 4.63. The molecule has 2 rings (SSSR count). The van der Waals surface area contributed by atoms with Gasteiger partial charge in [-0.3, -0.25) is 4.79 Å². The largest absolute Gasteiger partial charge is 0.378 e. The first-order valence-electron chi connectivity index (χ1n) is 6.07. The molecule has 1 heterocycles. The highest BCUT2D eigenvalue weighted by Gasteiger charge is 2.19. The number of hydrogen-bond donors (Lipinski definition) is 0. The minimum absolute atomic E-state index is 0.0137. The van der Waals surface area contributed by atoms with E-state index in [9.17, 15) is 9.18 Å². The first-order chi connectivity index (χ1) is 8.15. The number of carbonyl (C=O) groups is 1. The van der Waals surface area contributed by atoms with Crippen molar-refractivity contribution in [3.8, 4) is 0 Å². The number of carbonyl (C=O) groups excluding carboxylic acids is 1. The average molecular weight is 236 g/mol. The molecule has 0 spiro atoms. The van der Waals surface area contributed by atoms with Gasteiger partial charge in [0.2, 0.25) is 0 Å². The van der Waals surface area contributed by atoms with E-state index >= 15 is 0 Å². The molecule has 1 aliphatic rings. The first-order valence-corrected chi connectivity index (χ1v) is 6.07. The SMILES string of the molecule is Cc1cc(F)cc(C(=O)CC2CCCCO2)c1. The topological polar surface area (TPSA) is 26.3 Å². The highest BCUT2D eigenvalue weighted by molar-refractivity contribution is 5.96. The molecule has 1 saturated heterocycles. The minimum Gasteiger partial charge on any atom is -0.378 e. The molecular formula is C14H17FO2. The van der Waals surface area contributed by atoms with Crippen molar-refractivity contribution in [1.29, 1.82) is 0 Å². The van der Waals surface area contributed by atoms with Crippen LogP contribution < -0.4 is 0 Å². The lowest BCUT2D eigenvalue weighted by molar-refractivity contribution is 0.0129. The van der Waals surface area contributed by atoms with Crippen LogP contribution in [0, 0.1) is 12.7 Å². The van der Waals surface area contributed by atoms with Gasteiger partial charge in [0.15, 0.2) is 5.78 Å². The van der Waals surface area contributed by atoms with E-state index in [2.05, 4.69) is 0 Å². The Labute approximate surface area is 101 Å². The van der Waals surface area contributed by atoms with Crippen LogP contribution in [-0.4, -0.2) is 18.5 Å². The van der Waals surface area contributed by atoms with Gasteiger partial charge in [-0.2, -0.15) is 0 Å². The number of aryl methyl sites for hydroxylation is 1. The molecule has 0 radical (unpaired) electrons. The number of halogens is 1. The maximum absolute atomic E-state index is 13.2. The number of rotatable bonds is 3. The molecule has 92 valence electrons. The molecule has 0 saturated carbocycles. The summed E-state index contributed by atoms with van der Waals surface area (Å²) in [5.74, 6) is -0.377. The second kappa shape index (κ2) is 5.41. The Balaban J connectivity index is 2.03. The van der Waals surface area contributed by atoms with Gasteiger partial charge in [0.25, 0.3) is 0 Å². The number of hydrogen-bond acceptors (Lipinski definition) is 2. The number of ketones is 1. The Morgan fingerprint density at radius 3 is 2.88 bits per heavy atom. The summed E-state index contributed by atoms with van der Waals surface area (Å²) in [6.07, 6.45) is 3.49. The van der Waals surface area contributed by atoms with Crippen LogP contribution >= 0.6 is 0 Å². The second-order valence-corrected chi connectivity index (χ2v) is 4.63. The van der Waals surface area contributed by atoms with Gasteiger partial charge in [-0.1, -0.05) is 0 Å². The van der Waals surface area contributed by atoms with E-state index in [1.54, 1.807) is 13.0 Å². The normalized spacial score (nSPS) is 20.2. The lowest BCUT2D eigenvalue weighted by Gasteiger charge is -2.21. The predicted octanol–water partition coefficient (Wildman–Crippen LogP) is 3.28. The summed E-state index contributed by atoms with van der Waals surface area (Å²) < 4.78 is 18.7. The molecule has 1 fully saturated rings. The summed E-state index contributed by atoms with van der Waals surface area (Å²) in [4.78, 5) is 12.0. The van der Waals surface area contributed by atoms with E-state index < -0.39 is 0 Å². The Morgan fingerprint density at radius 1 is 1.41 bits per heavy atom. The standard InChI is InChI=1S/C14H17FO2/c1-10-6-11(8-12(15)7-10)14(16)9-13-4-2-3-5-17-13/h6-8,13H,2-5,9H2,1H3. The minimum atomic E-state index is -0.349. The molecule has 17 heavy (non-hydrogen) atoms. The third-order valence-electron chi connectivity index (χ3n) is 3.05. The van der Waals surface area contributed by atoms with Crippen molar-refractivity contribution < 1.29 is 13.9 Å². The number of Topliss-reactive ketones (excluding diaryl/α,β-unsaturated/α-hetero) is 1. The van der Waals surface area contributed by atoms with E-state index in [-0.39, 0.29) is 17.7 Å². The third-order valence-corrected chi connectivity index (χ3v) is 3.05.